The molecule has 0 fully saturated rings. The van der Waals surface area contributed by atoms with Gasteiger partial charge in [0.05, 0.1) is 29.3 Å². The van der Waals surface area contributed by atoms with E-state index in [-0.39, 0.29) is 62.7 Å². The highest BCUT2D eigenvalue weighted by atomic mass is 16.6. The molecule has 4 unspecified atom stereocenters. The lowest BCUT2D eigenvalue weighted by Gasteiger charge is -2.18. The summed E-state index contributed by atoms with van der Waals surface area (Å²) in [5.74, 6) is -1.17. The summed E-state index contributed by atoms with van der Waals surface area (Å²) in [5, 5.41) is 9.38. The molecule has 103 heavy (non-hydrogen) atoms. The van der Waals surface area contributed by atoms with E-state index in [0.717, 1.165) is 195 Å². The number of benzene rings is 3. The van der Waals surface area contributed by atoms with Gasteiger partial charge in [-0.2, -0.15) is 15.0 Å². The highest BCUT2D eigenvalue weighted by Gasteiger charge is 2.21. The molecular formula is C84H126N6O13. The zero-order valence-electron chi connectivity index (χ0n) is 63.5. The minimum absolute atomic E-state index is 0.0931. The van der Waals surface area contributed by atoms with E-state index < -0.39 is 18.2 Å². The maximum Gasteiger partial charge on any atom is 0.411 e. The van der Waals surface area contributed by atoms with Crippen molar-refractivity contribution in [1.29, 1.82) is 0 Å². The van der Waals surface area contributed by atoms with Crippen LogP contribution >= 0.6 is 0 Å². The van der Waals surface area contributed by atoms with Gasteiger partial charge in [-0.3, -0.25) is 19.7 Å². The lowest BCUT2D eigenvalue weighted by Crippen LogP contribution is -2.30. The Morgan fingerprint density at radius 2 is 0.728 bits per heavy atom. The number of carbonyl (C=O) groups is 4. The van der Waals surface area contributed by atoms with Crippen molar-refractivity contribution in [2.45, 2.75) is 316 Å². The highest BCUT2D eigenvalue weighted by molar-refractivity contribution is 5.85. The van der Waals surface area contributed by atoms with Crippen molar-refractivity contribution in [3.63, 3.8) is 0 Å². The molecule has 19 heteroatoms. The molecule has 0 aliphatic heterocycles. The summed E-state index contributed by atoms with van der Waals surface area (Å²) in [6.07, 6.45) is 52.3. The fraction of sp³-hybridized carbons (Fsp3) is 0.631. The van der Waals surface area contributed by atoms with Crippen LogP contribution in [0, 0.1) is 20.8 Å². The Bertz CT molecular complexity index is 3060. The van der Waals surface area contributed by atoms with E-state index in [0.29, 0.717) is 61.9 Å². The number of aliphatic imine (C=N–C) groups is 3. The van der Waals surface area contributed by atoms with Crippen molar-refractivity contribution >= 4 is 76.4 Å². The number of nitrogens with zero attached hydrogens (tertiary/aromatic N) is 3. The van der Waals surface area contributed by atoms with Gasteiger partial charge in [-0.1, -0.05) is 204 Å². The van der Waals surface area contributed by atoms with Crippen LogP contribution in [0.3, 0.4) is 0 Å². The Balaban J connectivity index is 1.42. The van der Waals surface area contributed by atoms with E-state index in [1.54, 1.807) is 36.4 Å². The molecule has 4 atom stereocenters. The molecule has 0 heterocycles. The second-order valence-corrected chi connectivity index (χ2v) is 27.1. The predicted molar refractivity (Wildman–Crippen MR) is 414 cm³/mol. The standard InChI is InChI=1S/C84H126N6O13/c1-7-10-13-34-43-74(100-66-88-71-55-52-68(4)78(58-71)85-63-91)45-37-28-22-16-19-25-31-40-49-81(94)98-61-77(102-83(96)51-42-33-27-21-17-23-29-38-46-75(44-35-14-11-8-2)101-67-89-72-56-53-69(5)79(59-72)86-64-92)62-99-82(95)50-41-32-26-20-18-24-30-39-48-76(47-36-15-12-9-3)103-84(97)90-73-57-54-70(6)80(60-73)87-65-93/h28-30,37-39,52-60,74-77,88-89H,7-27,31-36,40-51,61-62,66-67H2,1-6H3,(H,90,97)/b37-28+,38-29-,39-30+. The Morgan fingerprint density at radius 1 is 0.388 bits per heavy atom. The number of anilines is 3. The Kier molecular flexibility index (Phi) is 52.6. The normalized spacial score (nSPS) is 12.4. The summed E-state index contributed by atoms with van der Waals surface area (Å²) < 4.78 is 35.5. The number of ether oxygens (including phenoxy) is 6. The van der Waals surface area contributed by atoms with Crippen molar-refractivity contribution in [3.05, 3.63) is 108 Å². The number of hydrogen-bond acceptors (Lipinski definition) is 18. The van der Waals surface area contributed by atoms with E-state index in [9.17, 15) is 33.6 Å². The molecule has 1 amide bonds. The number of amides is 1. The van der Waals surface area contributed by atoms with Gasteiger partial charge in [0.25, 0.3) is 0 Å². The molecule has 0 radical (unpaired) electrons. The van der Waals surface area contributed by atoms with Gasteiger partial charge < -0.3 is 39.1 Å². The number of esters is 3. The van der Waals surface area contributed by atoms with Gasteiger partial charge in [0.2, 0.25) is 18.2 Å². The largest absolute Gasteiger partial charge is 0.462 e. The van der Waals surface area contributed by atoms with Crippen LogP contribution in [0.2, 0.25) is 0 Å². The average Bonchev–Trinajstić information content (AvgIpc) is 0.882. The molecule has 0 bridgehead atoms. The van der Waals surface area contributed by atoms with Gasteiger partial charge in [0, 0.05) is 42.7 Å². The summed E-state index contributed by atoms with van der Waals surface area (Å²) in [4.78, 5) is 96.0. The van der Waals surface area contributed by atoms with E-state index >= 15 is 0 Å². The van der Waals surface area contributed by atoms with Crippen LogP contribution in [0.15, 0.2) is 106 Å². The summed E-state index contributed by atoms with van der Waals surface area (Å²) >= 11 is 0. The summed E-state index contributed by atoms with van der Waals surface area (Å²) in [6, 6.07) is 16.5. The third kappa shape index (κ3) is 46.5. The SMILES string of the molecule is CCCCCCC(C/C=C\CCCCCCCC(=O)OC(COC(=O)CCCCCCC/C=C/CC(CCCCCC)OCNc1ccc(C)c(N=C=O)c1)COC(=O)CCCCCCC/C=C/CC(CCCCCC)OC(=O)Nc1ccc(C)c(N=C=O)c1)OCNc1ccc(C)c(N=C=O)c1. The molecule has 570 valence electrons. The molecule has 0 aliphatic carbocycles. The first-order valence-corrected chi connectivity index (χ1v) is 39.0. The van der Waals surface area contributed by atoms with Crippen LogP contribution in [-0.4, -0.2) is 93.3 Å². The third-order valence-corrected chi connectivity index (χ3v) is 18.1. The number of unbranched alkanes of at least 4 members (excludes halogenated alkanes) is 24. The number of aryl methyl sites for hydroxylation is 3. The monoisotopic (exact) mass is 1430 g/mol. The molecule has 3 aromatic carbocycles. The molecule has 19 nitrogen and oxygen atoms in total. The minimum Gasteiger partial charge on any atom is -0.462 e. The van der Waals surface area contributed by atoms with E-state index in [1.165, 1.54) is 38.5 Å². The Labute approximate surface area is 617 Å². The molecule has 3 aromatic rings. The molecule has 3 N–H and O–H groups in total. The van der Waals surface area contributed by atoms with Gasteiger partial charge in [-0.05, 0) is 170 Å². The lowest BCUT2D eigenvalue weighted by atomic mass is 10.1. The van der Waals surface area contributed by atoms with Crippen molar-refractivity contribution in [3.8, 4) is 0 Å². The van der Waals surface area contributed by atoms with Gasteiger partial charge in [-0.25, -0.2) is 19.2 Å². The minimum atomic E-state index is -0.910. The van der Waals surface area contributed by atoms with Gasteiger partial charge in [0.1, 0.15) is 32.8 Å². The van der Waals surface area contributed by atoms with E-state index in [2.05, 4.69) is 88.2 Å². The number of isocyanates is 3. The van der Waals surface area contributed by atoms with Crippen LogP contribution in [0.4, 0.5) is 38.9 Å². The number of rotatable bonds is 63. The first-order chi connectivity index (χ1) is 50.3. The maximum absolute atomic E-state index is 13.2. The van der Waals surface area contributed by atoms with E-state index in [4.69, 9.17) is 28.4 Å². The fourth-order valence-corrected chi connectivity index (χ4v) is 11.7. The average molecular weight is 1430 g/mol. The summed E-state index contributed by atoms with van der Waals surface area (Å²) in [7, 11) is 0. The maximum atomic E-state index is 13.2. The van der Waals surface area contributed by atoms with Crippen LogP contribution < -0.4 is 16.0 Å². The number of carbonyl (C=O) groups excluding carboxylic acids is 7. The summed E-state index contributed by atoms with van der Waals surface area (Å²) in [5.41, 5.74) is 6.39. The number of allylic oxidation sites excluding steroid dienone is 3. The Hall–Kier alpha value is -7.78. The smallest absolute Gasteiger partial charge is 0.411 e. The molecular weight excluding hydrogens is 1300 g/mol. The van der Waals surface area contributed by atoms with E-state index in [1.807, 2.05) is 57.2 Å². The van der Waals surface area contributed by atoms with Crippen molar-refractivity contribution in [2.24, 2.45) is 15.0 Å². The molecule has 0 spiro atoms. The van der Waals surface area contributed by atoms with Crippen LogP contribution in [0.5, 0.6) is 0 Å². The Morgan fingerprint density at radius 3 is 1.13 bits per heavy atom. The molecule has 3 rings (SSSR count). The van der Waals surface area contributed by atoms with Gasteiger partial charge in [-0.15, -0.1) is 0 Å². The topological polar surface area (TPSA) is 248 Å². The van der Waals surface area contributed by atoms with Crippen molar-refractivity contribution in [2.75, 3.05) is 42.6 Å². The number of nitrogens with one attached hydrogen (secondary N) is 3. The summed E-state index contributed by atoms with van der Waals surface area (Å²) in [6.45, 7) is 12.6. The number of hydrogen-bond donors (Lipinski definition) is 3. The van der Waals surface area contributed by atoms with Crippen LogP contribution in [0.25, 0.3) is 0 Å². The first-order valence-electron chi connectivity index (χ1n) is 39.0. The van der Waals surface area contributed by atoms with Crippen LogP contribution in [-0.2, 0) is 57.2 Å². The fourth-order valence-electron chi connectivity index (χ4n) is 11.7. The highest BCUT2D eigenvalue weighted by Crippen LogP contribution is 2.27. The van der Waals surface area contributed by atoms with Crippen molar-refractivity contribution in [1.82, 2.24) is 0 Å². The molecule has 0 saturated heterocycles. The lowest BCUT2D eigenvalue weighted by molar-refractivity contribution is -0.167. The quantitative estimate of drug-likeness (QED) is 0.00904. The zero-order chi connectivity index (χ0) is 74.4. The second kappa shape index (κ2) is 60.6. The predicted octanol–water partition coefficient (Wildman–Crippen LogP) is 22.3. The van der Waals surface area contributed by atoms with Gasteiger partial charge in [0.15, 0.2) is 6.10 Å². The van der Waals surface area contributed by atoms with Crippen molar-refractivity contribution < 1.29 is 62.0 Å². The molecule has 0 saturated carbocycles. The molecule has 0 aromatic heterocycles. The van der Waals surface area contributed by atoms with Crippen LogP contribution in [0.1, 0.15) is 288 Å². The third-order valence-electron chi connectivity index (χ3n) is 18.1. The molecule has 0 aliphatic rings. The zero-order valence-corrected chi connectivity index (χ0v) is 63.5. The second-order valence-electron chi connectivity index (χ2n) is 27.1. The first kappa shape index (κ1) is 89.4. The van der Waals surface area contributed by atoms with Gasteiger partial charge >= 0.3 is 24.0 Å².